The number of ether oxygens (including phenoxy) is 2. The molecule has 0 aliphatic rings. The fraction of sp³-hybridized carbons (Fsp3) is 0.300. The molecule has 15 heavy (non-hydrogen) atoms. The van der Waals surface area contributed by atoms with Gasteiger partial charge < -0.3 is 9.47 Å². The fourth-order valence-corrected chi connectivity index (χ4v) is 2.10. The molecule has 1 aromatic rings. The molecule has 5 heteroatoms. The van der Waals surface area contributed by atoms with Crippen LogP contribution in [-0.4, -0.2) is 19.7 Å². The van der Waals surface area contributed by atoms with Gasteiger partial charge in [0.1, 0.15) is 5.75 Å². The van der Waals surface area contributed by atoms with Crippen LogP contribution in [0.5, 0.6) is 5.75 Å². The molecule has 0 saturated heterocycles. The van der Waals surface area contributed by atoms with Gasteiger partial charge in [-0.25, -0.2) is 0 Å². The number of carbonyl (C=O) groups is 1. The van der Waals surface area contributed by atoms with Gasteiger partial charge in [-0.1, -0.05) is 15.9 Å². The molecule has 1 aromatic carbocycles. The van der Waals surface area contributed by atoms with Gasteiger partial charge in [0.2, 0.25) is 0 Å². The summed E-state index contributed by atoms with van der Waals surface area (Å²) >= 11 is 6.70. The fourth-order valence-electron chi connectivity index (χ4n) is 0.939. The maximum absolute atomic E-state index is 10.8. The molecular formula is C10H10Br2O3. The zero-order chi connectivity index (χ0) is 11.3. The quantitative estimate of drug-likeness (QED) is 0.792. The highest BCUT2D eigenvalue weighted by atomic mass is 79.9. The number of hydrogen-bond donors (Lipinski definition) is 0. The lowest BCUT2D eigenvalue weighted by Crippen LogP contribution is -2.07. The van der Waals surface area contributed by atoms with Crippen LogP contribution < -0.4 is 4.74 Å². The Labute approximate surface area is 105 Å². The van der Waals surface area contributed by atoms with Gasteiger partial charge >= 0.3 is 5.97 Å². The zero-order valence-corrected chi connectivity index (χ0v) is 11.3. The molecule has 0 aliphatic carbocycles. The highest BCUT2D eigenvalue weighted by Gasteiger charge is 2.04. The van der Waals surface area contributed by atoms with Gasteiger partial charge in [-0.15, -0.1) is 0 Å². The number of halogens is 2. The average molecular weight is 338 g/mol. The van der Waals surface area contributed by atoms with E-state index in [1.54, 1.807) is 0 Å². The lowest BCUT2D eigenvalue weighted by atomic mass is 10.3. The highest BCUT2D eigenvalue weighted by molar-refractivity contribution is 9.11. The molecule has 0 saturated carbocycles. The Kier molecular flexibility index (Phi) is 5.11. The third-order valence-electron chi connectivity index (χ3n) is 1.69. The summed E-state index contributed by atoms with van der Waals surface area (Å²) in [5.74, 6) is 0.435. The molecule has 0 unspecified atom stereocenters. The van der Waals surface area contributed by atoms with E-state index in [2.05, 4.69) is 36.6 Å². The van der Waals surface area contributed by atoms with E-state index in [0.717, 1.165) is 8.95 Å². The summed E-state index contributed by atoms with van der Waals surface area (Å²) in [5.41, 5.74) is 0. The third-order valence-corrected chi connectivity index (χ3v) is 2.80. The van der Waals surface area contributed by atoms with Crippen molar-refractivity contribution in [1.29, 1.82) is 0 Å². The predicted octanol–water partition coefficient (Wildman–Crippen LogP) is 3.15. The number of benzene rings is 1. The van der Waals surface area contributed by atoms with E-state index in [9.17, 15) is 4.79 Å². The summed E-state index contributed by atoms with van der Waals surface area (Å²) in [4.78, 5) is 10.8. The monoisotopic (exact) mass is 336 g/mol. The van der Waals surface area contributed by atoms with Crippen LogP contribution in [0.25, 0.3) is 0 Å². The average Bonchev–Trinajstić information content (AvgIpc) is 2.21. The Morgan fingerprint density at radius 3 is 2.73 bits per heavy atom. The third kappa shape index (κ3) is 4.22. The Morgan fingerprint density at radius 1 is 1.40 bits per heavy atom. The Balaban J connectivity index is 2.47. The van der Waals surface area contributed by atoms with Gasteiger partial charge in [-0.2, -0.15) is 0 Å². The van der Waals surface area contributed by atoms with Crippen molar-refractivity contribution in [2.45, 2.75) is 6.42 Å². The van der Waals surface area contributed by atoms with Crippen molar-refractivity contribution in [3.63, 3.8) is 0 Å². The van der Waals surface area contributed by atoms with Crippen molar-refractivity contribution in [2.75, 3.05) is 13.7 Å². The predicted molar refractivity (Wildman–Crippen MR) is 64.0 cm³/mol. The summed E-state index contributed by atoms with van der Waals surface area (Å²) in [6, 6.07) is 5.58. The van der Waals surface area contributed by atoms with Gasteiger partial charge in [-0.3, -0.25) is 4.79 Å². The molecular weight excluding hydrogens is 328 g/mol. The first kappa shape index (κ1) is 12.5. The Morgan fingerprint density at radius 2 is 2.13 bits per heavy atom. The standard InChI is InChI=1S/C10H10Br2O3/c1-14-10(13)4-5-15-9-3-2-7(11)6-8(9)12/h2-3,6H,4-5H2,1H3. The van der Waals surface area contributed by atoms with Crippen molar-refractivity contribution in [1.82, 2.24) is 0 Å². The van der Waals surface area contributed by atoms with E-state index in [1.165, 1.54) is 7.11 Å². The van der Waals surface area contributed by atoms with Gasteiger partial charge in [0, 0.05) is 4.47 Å². The molecule has 0 atom stereocenters. The molecule has 0 aliphatic heterocycles. The van der Waals surface area contributed by atoms with Crippen LogP contribution in [0.15, 0.2) is 27.1 Å². The van der Waals surface area contributed by atoms with E-state index in [0.29, 0.717) is 12.4 Å². The number of hydrogen-bond acceptors (Lipinski definition) is 3. The topological polar surface area (TPSA) is 35.5 Å². The van der Waals surface area contributed by atoms with Crippen molar-refractivity contribution in [2.24, 2.45) is 0 Å². The Hall–Kier alpha value is -0.550. The minimum absolute atomic E-state index is 0.249. The second kappa shape index (κ2) is 6.12. The maximum Gasteiger partial charge on any atom is 0.308 e. The molecule has 0 bridgehead atoms. The molecule has 0 fully saturated rings. The van der Waals surface area contributed by atoms with Gasteiger partial charge in [-0.05, 0) is 34.1 Å². The first-order chi connectivity index (χ1) is 7.13. The lowest BCUT2D eigenvalue weighted by molar-refractivity contribution is -0.141. The molecule has 82 valence electrons. The first-order valence-electron chi connectivity index (χ1n) is 4.28. The second-order valence-corrected chi connectivity index (χ2v) is 4.52. The van der Waals surface area contributed by atoms with E-state index in [-0.39, 0.29) is 12.4 Å². The van der Waals surface area contributed by atoms with Crippen LogP contribution in [-0.2, 0) is 9.53 Å². The second-order valence-electron chi connectivity index (χ2n) is 2.75. The molecule has 0 N–H and O–H groups in total. The molecule has 0 spiro atoms. The van der Waals surface area contributed by atoms with Gasteiger partial charge in [0.25, 0.3) is 0 Å². The van der Waals surface area contributed by atoms with Crippen molar-refractivity contribution in [3.05, 3.63) is 27.1 Å². The van der Waals surface area contributed by atoms with Gasteiger partial charge in [0.15, 0.2) is 0 Å². The summed E-state index contributed by atoms with van der Waals surface area (Å²) in [5, 5.41) is 0. The normalized spacial score (nSPS) is 9.80. The smallest absolute Gasteiger partial charge is 0.308 e. The van der Waals surface area contributed by atoms with E-state index >= 15 is 0 Å². The summed E-state index contributed by atoms with van der Waals surface area (Å²) in [7, 11) is 1.36. The number of rotatable bonds is 4. The van der Waals surface area contributed by atoms with Crippen LogP contribution in [0.4, 0.5) is 0 Å². The number of carbonyl (C=O) groups excluding carboxylic acids is 1. The van der Waals surface area contributed by atoms with Gasteiger partial charge in [0.05, 0.1) is 24.6 Å². The van der Waals surface area contributed by atoms with Crippen LogP contribution in [0.2, 0.25) is 0 Å². The molecule has 1 rings (SSSR count). The summed E-state index contributed by atoms with van der Waals surface area (Å²) in [6.45, 7) is 0.312. The lowest BCUT2D eigenvalue weighted by Gasteiger charge is -2.07. The van der Waals surface area contributed by atoms with E-state index in [4.69, 9.17) is 4.74 Å². The summed E-state index contributed by atoms with van der Waals surface area (Å²) < 4.78 is 11.7. The van der Waals surface area contributed by atoms with Crippen molar-refractivity contribution in [3.8, 4) is 5.75 Å². The maximum atomic E-state index is 10.8. The van der Waals surface area contributed by atoms with Crippen LogP contribution in [0.1, 0.15) is 6.42 Å². The molecule has 0 aromatic heterocycles. The van der Waals surface area contributed by atoms with E-state index in [1.807, 2.05) is 18.2 Å². The van der Waals surface area contributed by atoms with Crippen molar-refractivity contribution >= 4 is 37.8 Å². The largest absolute Gasteiger partial charge is 0.492 e. The minimum Gasteiger partial charge on any atom is -0.492 e. The molecule has 0 radical (unpaired) electrons. The summed E-state index contributed by atoms with van der Waals surface area (Å²) in [6.07, 6.45) is 0.249. The van der Waals surface area contributed by atoms with Crippen molar-refractivity contribution < 1.29 is 14.3 Å². The van der Waals surface area contributed by atoms with E-state index < -0.39 is 0 Å². The highest BCUT2D eigenvalue weighted by Crippen LogP contribution is 2.28. The Bertz CT molecular complexity index is 353. The molecule has 0 amide bonds. The molecule has 0 heterocycles. The first-order valence-corrected chi connectivity index (χ1v) is 5.86. The minimum atomic E-state index is -0.275. The van der Waals surface area contributed by atoms with Crippen LogP contribution in [0.3, 0.4) is 0 Å². The van der Waals surface area contributed by atoms with Crippen LogP contribution >= 0.6 is 31.9 Å². The SMILES string of the molecule is COC(=O)CCOc1ccc(Br)cc1Br. The zero-order valence-electron chi connectivity index (χ0n) is 8.13. The molecule has 3 nitrogen and oxygen atoms in total. The number of esters is 1. The number of methoxy groups -OCH3 is 1. The van der Waals surface area contributed by atoms with Crippen LogP contribution in [0, 0.1) is 0 Å².